The number of carbonyl (C=O) groups is 1. The molecule has 3 rings (SSSR count). The first kappa shape index (κ1) is 23.9. The van der Waals surface area contributed by atoms with Gasteiger partial charge in [0.1, 0.15) is 12.1 Å². The minimum Gasteiger partial charge on any atom is -0.446 e. The minimum absolute atomic E-state index is 0.103. The van der Waals surface area contributed by atoms with Crippen molar-refractivity contribution in [3.8, 4) is 34.7 Å². The van der Waals surface area contributed by atoms with Crippen LogP contribution in [0.1, 0.15) is 32.8 Å². The van der Waals surface area contributed by atoms with Gasteiger partial charge in [0, 0.05) is 12.0 Å². The topological polar surface area (TPSA) is 66.2 Å². The Hall–Kier alpha value is -3.80. The van der Waals surface area contributed by atoms with Crippen molar-refractivity contribution in [1.82, 2.24) is 14.8 Å². The molecule has 1 aromatic heterocycles. The maximum Gasteiger partial charge on any atom is 0.573 e. The van der Waals surface area contributed by atoms with Crippen LogP contribution < -0.4 is 4.74 Å². The van der Waals surface area contributed by atoms with Gasteiger partial charge in [-0.1, -0.05) is 43.0 Å². The first-order valence-corrected chi connectivity index (χ1v) is 10.1. The van der Waals surface area contributed by atoms with E-state index in [1.54, 1.807) is 38.1 Å². The monoisotopic (exact) mass is 457 g/mol. The van der Waals surface area contributed by atoms with Gasteiger partial charge in [-0.25, -0.2) is 9.67 Å². The molecule has 0 amide bonds. The summed E-state index contributed by atoms with van der Waals surface area (Å²) in [5, 5.41) is 4.36. The molecule has 0 N–H and O–H groups in total. The lowest BCUT2D eigenvalue weighted by atomic mass is 10.1. The predicted molar refractivity (Wildman–Crippen MR) is 115 cm³/mol. The minimum atomic E-state index is -4.75. The van der Waals surface area contributed by atoms with Gasteiger partial charge in [-0.3, -0.25) is 4.79 Å². The lowest BCUT2D eigenvalue weighted by Gasteiger charge is -2.18. The number of nitrogens with zero attached hydrogens (tertiary/aromatic N) is 3. The highest BCUT2D eigenvalue weighted by Gasteiger charge is 2.31. The van der Waals surface area contributed by atoms with Crippen molar-refractivity contribution >= 4 is 5.97 Å². The van der Waals surface area contributed by atoms with Crippen molar-refractivity contribution < 1.29 is 27.4 Å². The molecule has 2 aromatic carbocycles. The molecule has 0 aliphatic carbocycles. The maximum absolute atomic E-state index is 12.3. The molecule has 0 atom stereocenters. The summed E-state index contributed by atoms with van der Waals surface area (Å²) in [6.45, 7) is 5.42. The molecule has 6 nitrogen and oxygen atoms in total. The molecule has 9 heteroatoms. The zero-order valence-electron chi connectivity index (χ0n) is 18.3. The third kappa shape index (κ3) is 7.10. The standard InChI is InChI=1S/C24H22F3N3O3/c1-4-5-14-23(2,3)33-21(31)15-17-6-8-18(9-7-17)22-28-16-30(29-22)19-10-12-20(13-11-19)32-24(25,26)27/h6-13,16H,4,15H2,1-3H3. The average molecular weight is 457 g/mol. The van der Waals surface area contributed by atoms with Crippen LogP contribution in [0.15, 0.2) is 54.9 Å². The normalized spacial score (nSPS) is 11.5. The fourth-order valence-corrected chi connectivity index (χ4v) is 2.91. The first-order valence-electron chi connectivity index (χ1n) is 10.1. The van der Waals surface area contributed by atoms with Crippen molar-refractivity contribution in [2.24, 2.45) is 0 Å². The number of aromatic nitrogens is 3. The van der Waals surface area contributed by atoms with Crippen molar-refractivity contribution in [1.29, 1.82) is 0 Å². The summed E-state index contributed by atoms with van der Waals surface area (Å²) in [5.41, 5.74) is 1.16. The molecule has 0 unspecified atom stereocenters. The predicted octanol–water partition coefficient (Wildman–Crippen LogP) is 5.11. The fourth-order valence-electron chi connectivity index (χ4n) is 2.91. The summed E-state index contributed by atoms with van der Waals surface area (Å²) < 4.78 is 47.6. The number of carbonyl (C=O) groups excluding carboxylic acids is 1. The Balaban J connectivity index is 1.64. The summed E-state index contributed by atoms with van der Waals surface area (Å²) in [6, 6.07) is 12.4. The molecule has 33 heavy (non-hydrogen) atoms. The molecule has 172 valence electrons. The summed E-state index contributed by atoms with van der Waals surface area (Å²) in [5.74, 6) is 5.56. The molecule has 0 saturated heterocycles. The van der Waals surface area contributed by atoms with Crippen LogP contribution in [0.5, 0.6) is 5.75 Å². The molecule has 0 spiro atoms. The average Bonchev–Trinajstić information content (AvgIpc) is 3.22. The van der Waals surface area contributed by atoms with Gasteiger partial charge in [-0.15, -0.1) is 18.3 Å². The van der Waals surface area contributed by atoms with Gasteiger partial charge < -0.3 is 9.47 Å². The smallest absolute Gasteiger partial charge is 0.446 e. The number of ether oxygens (including phenoxy) is 2. The highest BCUT2D eigenvalue weighted by Crippen LogP contribution is 2.24. The third-order valence-corrected chi connectivity index (χ3v) is 4.32. The Bertz CT molecular complexity index is 1160. The fraction of sp³-hybridized carbons (Fsp3) is 0.292. The molecular formula is C24H22F3N3O3. The number of rotatable bonds is 6. The number of halogens is 3. The quantitative estimate of drug-likeness (QED) is 0.380. The Morgan fingerprint density at radius 3 is 2.33 bits per heavy atom. The summed E-state index contributed by atoms with van der Waals surface area (Å²) in [6.07, 6.45) is -2.50. The van der Waals surface area contributed by atoms with Gasteiger partial charge in [0.2, 0.25) is 0 Å². The number of hydrogen-bond acceptors (Lipinski definition) is 5. The van der Waals surface area contributed by atoms with E-state index in [1.165, 1.54) is 35.3 Å². The van der Waals surface area contributed by atoms with Crippen LogP contribution in [0.2, 0.25) is 0 Å². The van der Waals surface area contributed by atoms with E-state index in [1.807, 2.05) is 6.92 Å². The van der Waals surface area contributed by atoms with Gasteiger partial charge in [-0.2, -0.15) is 0 Å². The number of benzene rings is 2. The van der Waals surface area contributed by atoms with E-state index in [0.717, 1.165) is 11.1 Å². The number of esters is 1. The van der Waals surface area contributed by atoms with Gasteiger partial charge >= 0.3 is 12.3 Å². The number of hydrogen-bond donors (Lipinski definition) is 0. The Morgan fingerprint density at radius 1 is 1.06 bits per heavy atom. The van der Waals surface area contributed by atoms with Gasteiger partial charge in [0.15, 0.2) is 11.4 Å². The molecule has 3 aromatic rings. The first-order chi connectivity index (χ1) is 15.5. The zero-order valence-corrected chi connectivity index (χ0v) is 18.3. The van der Waals surface area contributed by atoms with Crippen LogP contribution >= 0.6 is 0 Å². The summed E-state index contributed by atoms with van der Waals surface area (Å²) in [7, 11) is 0. The molecule has 0 saturated carbocycles. The van der Waals surface area contributed by atoms with Crippen molar-refractivity contribution in [2.75, 3.05) is 0 Å². The lowest BCUT2D eigenvalue weighted by Crippen LogP contribution is -2.27. The van der Waals surface area contributed by atoms with Crippen LogP contribution in [-0.4, -0.2) is 32.7 Å². The van der Waals surface area contributed by atoms with Crippen LogP contribution in [0, 0.1) is 11.8 Å². The van der Waals surface area contributed by atoms with E-state index in [4.69, 9.17) is 4.74 Å². The Morgan fingerprint density at radius 2 is 1.73 bits per heavy atom. The second-order valence-corrected chi connectivity index (χ2v) is 7.57. The van der Waals surface area contributed by atoms with Crippen LogP contribution in [0.25, 0.3) is 17.1 Å². The van der Waals surface area contributed by atoms with Crippen LogP contribution in [0.4, 0.5) is 13.2 Å². The zero-order chi connectivity index (χ0) is 24.1. The molecule has 0 bridgehead atoms. The third-order valence-electron chi connectivity index (χ3n) is 4.32. The van der Waals surface area contributed by atoms with E-state index in [2.05, 4.69) is 26.7 Å². The molecule has 0 aliphatic heterocycles. The molecule has 1 heterocycles. The van der Waals surface area contributed by atoms with Crippen LogP contribution in [-0.2, 0) is 16.0 Å². The number of alkyl halides is 3. The molecule has 0 radical (unpaired) electrons. The van der Waals surface area contributed by atoms with E-state index >= 15 is 0 Å². The highest BCUT2D eigenvalue weighted by atomic mass is 19.4. The van der Waals surface area contributed by atoms with Gasteiger partial charge in [-0.05, 0) is 43.7 Å². The van der Waals surface area contributed by atoms with E-state index in [9.17, 15) is 18.0 Å². The van der Waals surface area contributed by atoms with E-state index in [-0.39, 0.29) is 18.1 Å². The highest BCUT2D eigenvalue weighted by molar-refractivity contribution is 5.73. The maximum atomic E-state index is 12.3. The molecule has 0 aliphatic rings. The Kier molecular flexibility index (Phi) is 7.07. The van der Waals surface area contributed by atoms with E-state index in [0.29, 0.717) is 17.9 Å². The summed E-state index contributed by atoms with van der Waals surface area (Å²) in [4.78, 5) is 16.5. The van der Waals surface area contributed by atoms with Gasteiger partial charge in [0.05, 0.1) is 12.1 Å². The lowest BCUT2D eigenvalue weighted by molar-refractivity contribution is -0.274. The second-order valence-electron chi connectivity index (χ2n) is 7.57. The van der Waals surface area contributed by atoms with Crippen molar-refractivity contribution in [2.45, 2.75) is 45.6 Å². The SMILES string of the molecule is CCC#CC(C)(C)OC(=O)Cc1ccc(-c2ncn(-c3ccc(OC(F)(F)F)cc3)n2)cc1. The van der Waals surface area contributed by atoms with Crippen LogP contribution in [0.3, 0.4) is 0 Å². The Labute approximate surface area is 189 Å². The van der Waals surface area contributed by atoms with E-state index < -0.39 is 12.0 Å². The molecular weight excluding hydrogens is 435 g/mol. The van der Waals surface area contributed by atoms with Crippen molar-refractivity contribution in [3.05, 3.63) is 60.4 Å². The second kappa shape index (κ2) is 9.77. The largest absolute Gasteiger partial charge is 0.573 e. The summed E-state index contributed by atoms with van der Waals surface area (Å²) >= 11 is 0. The van der Waals surface area contributed by atoms with Gasteiger partial charge in [0.25, 0.3) is 0 Å². The molecule has 0 fully saturated rings. The van der Waals surface area contributed by atoms with Crippen molar-refractivity contribution in [3.63, 3.8) is 0 Å².